The first-order chi connectivity index (χ1) is 49.1. The highest BCUT2D eigenvalue weighted by molar-refractivity contribution is 9.10. The molecule has 0 spiro atoms. The van der Waals surface area contributed by atoms with Crippen LogP contribution in [0.15, 0.2) is 357 Å². The topological polar surface area (TPSA) is 92.0 Å². The van der Waals surface area contributed by atoms with Crippen molar-refractivity contribution in [1.29, 1.82) is 0 Å². The highest BCUT2D eigenvalue weighted by Crippen LogP contribution is 2.42. The summed E-state index contributed by atoms with van der Waals surface area (Å²) in [6.07, 6.45) is 4.34. The van der Waals surface area contributed by atoms with Gasteiger partial charge in [0.05, 0.1) is 33.1 Å². The summed E-state index contributed by atoms with van der Waals surface area (Å²) in [4.78, 5) is 3.72. The Hall–Kier alpha value is -13.0. The summed E-state index contributed by atoms with van der Waals surface area (Å²) in [5.41, 5.74) is 16.8. The SMILES string of the molecule is Brc1ccc(-n2c(-c3ccccc3)nnc2-c2ccccc2)cc1.c1ccc(-c2nnc(-c3ccccc3)n2-c2ccc(-n3c4c5ccccc5ccc4c4ccc5c(ccn5-c5ccccc5)c43)cc2)cc1.c1ccc(-n2ccc3c4[nH]c5c6ccccc6ccc5c4ccc32)cc1. The third-order valence-corrected chi connectivity index (χ3v) is 19.3. The van der Waals surface area contributed by atoms with Gasteiger partial charge in [0, 0.05) is 111 Å². The first-order valence-corrected chi connectivity index (χ1v) is 33.8. The van der Waals surface area contributed by atoms with Crippen LogP contribution in [0.4, 0.5) is 0 Å². The molecule has 0 saturated carbocycles. The zero-order chi connectivity index (χ0) is 65.8. The average Bonchev–Trinajstić information content (AvgIpc) is 1.56. The second kappa shape index (κ2) is 25.0. The van der Waals surface area contributed by atoms with Gasteiger partial charge in [-0.3, -0.25) is 9.13 Å². The summed E-state index contributed by atoms with van der Waals surface area (Å²) < 4.78 is 12.3. The number of para-hydroxylation sites is 2. The molecule has 0 atom stereocenters. The van der Waals surface area contributed by atoms with Gasteiger partial charge in [0.25, 0.3) is 0 Å². The van der Waals surface area contributed by atoms with E-state index in [1.165, 1.54) is 92.6 Å². The molecule has 1 N–H and O–H groups in total. The van der Waals surface area contributed by atoms with Crippen molar-refractivity contribution in [2.24, 2.45) is 0 Å². The van der Waals surface area contributed by atoms with Crippen molar-refractivity contribution in [3.8, 4) is 74.0 Å². The molecule has 0 bridgehead atoms. The number of hydrogen-bond donors (Lipinski definition) is 1. The smallest absolute Gasteiger partial charge is 0.168 e. The minimum absolute atomic E-state index is 0.805. The van der Waals surface area contributed by atoms with E-state index in [9.17, 15) is 0 Å². The first-order valence-electron chi connectivity index (χ1n) is 33.1. The molecular weight excluding hydrogens is 1280 g/mol. The van der Waals surface area contributed by atoms with Crippen LogP contribution in [0.3, 0.4) is 0 Å². The number of benzene rings is 14. The van der Waals surface area contributed by atoms with Crippen LogP contribution in [0.1, 0.15) is 0 Å². The maximum atomic E-state index is 4.69. The molecule has 6 aromatic heterocycles. The first kappa shape index (κ1) is 58.6. The van der Waals surface area contributed by atoms with Crippen LogP contribution in [0.2, 0.25) is 0 Å². The monoisotopic (exact) mass is 1330 g/mol. The summed E-state index contributed by atoms with van der Waals surface area (Å²) in [6.45, 7) is 0. The third-order valence-electron chi connectivity index (χ3n) is 18.8. The summed E-state index contributed by atoms with van der Waals surface area (Å²) in [5, 5.41) is 30.8. The fourth-order valence-electron chi connectivity index (χ4n) is 14.2. The van der Waals surface area contributed by atoms with Crippen LogP contribution in [0.25, 0.3) is 161 Å². The Labute approximate surface area is 578 Å². The molecule has 20 aromatic rings. The molecule has 0 aliphatic rings. The van der Waals surface area contributed by atoms with E-state index in [1.807, 2.05) is 109 Å². The molecule has 0 amide bonds. The lowest BCUT2D eigenvalue weighted by molar-refractivity contribution is 1.07. The van der Waals surface area contributed by atoms with E-state index in [0.29, 0.717) is 0 Å². The van der Waals surface area contributed by atoms with E-state index in [4.69, 9.17) is 10.2 Å². The van der Waals surface area contributed by atoms with Gasteiger partial charge in [0.15, 0.2) is 23.3 Å². The Balaban J connectivity index is 0.000000119. The fourth-order valence-corrected chi connectivity index (χ4v) is 14.5. The number of fused-ring (bicyclic) bond motifs is 14. The third kappa shape index (κ3) is 10.4. The van der Waals surface area contributed by atoms with Gasteiger partial charge < -0.3 is 18.7 Å². The quantitative estimate of drug-likeness (QED) is 0.156. The van der Waals surface area contributed by atoms with E-state index in [0.717, 1.165) is 72.8 Å². The number of halogens is 1. The molecule has 0 unspecified atom stereocenters. The van der Waals surface area contributed by atoms with Crippen LogP contribution in [0, 0.1) is 0 Å². The number of hydrogen-bond acceptors (Lipinski definition) is 4. The Bertz CT molecular complexity index is 6200. The second-order valence-electron chi connectivity index (χ2n) is 24.5. The van der Waals surface area contributed by atoms with Crippen LogP contribution in [-0.4, -0.2) is 48.2 Å². The van der Waals surface area contributed by atoms with E-state index in [1.54, 1.807) is 0 Å². The number of H-pyrrole nitrogens is 1. The van der Waals surface area contributed by atoms with Gasteiger partial charge in [0.1, 0.15) is 0 Å². The van der Waals surface area contributed by atoms with E-state index in [2.05, 4.69) is 297 Å². The number of aromatic amines is 1. The molecule has 0 aliphatic heterocycles. The normalized spacial score (nSPS) is 11.5. The van der Waals surface area contributed by atoms with Crippen molar-refractivity contribution >= 4 is 103 Å². The van der Waals surface area contributed by atoms with E-state index < -0.39 is 0 Å². The second-order valence-corrected chi connectivity index (χ2v) is 25.4. The molecule has 20 rings (SSSR count). The van der Waals surface area contributed by atoms with Crippen molar-refractivity contribution in [2.45, 2.75) is 0 Å². The van der Waals surface area contributed by atoms with Crippen LogP contribution in [-0.2, 0) is 0 Å². The molecule has 11 heteroatoms. The van der Waals surface area contributed by atoms with Crippen molar-refractivity contribution in [1.82, 2.24) is 48.2 Å². The molecule has 0 saturated heterocycles. The fraction of sp³-hybridized carbons (Fsp3) is 0. The van der Waals surface area contributed by atoms with Crippen molar-refractivity contribution in [3.63, 3.8) is 0 Å². The Morgan fingerprint density at radius 3 is 1.04 bits per heavy atom. The number of nitrogens with one attached hydrogen (secondary N) is 1. The largest absolute Gasteiger partial charge is 0.353 e. The minimum atomic E-state index is 0.805. The lowest BCUT2D eigenvalue weighted by Crippen LogP contribution is -2.01. The Morgan fingerprint density at radius 1 is 0.232 bits per heavy atom. The molecule has 0 radical (unpaired) electrons. The van der Waals surface area contributed by atoms with E-state index in [-0.39, 0.29) is 0 Å². The van der Waals surface area contributed by atoms with Gasteiger partial charge in [-0.05, 0) is 108 Å². The zero-order valence-electron chi connectivity index (χ0n) is 53.4. The highest BCUT2D eigenvalue weighted by atomic mass is 79.9. The van der Waals surface area contributed by atoms with Gasteiger partial charge in [-0.15, -0.1) is 20.4 Å². The molecule has 0 aliphatic carbocycles. The lowest BCUT2D eigenvalue weighted by Gasteiger charge is -2.14. The highest BCUT2D eigenvalue weighted by Gasteiger charge is 2.23. The molecule has 10 nitrogen and oxygen atoms in total. The molecule has 6 heterocycles. The number of nitrogens with zero attached hydrogens (tertiary/aromatic N) is 9. The maximum absolute atomic E-state index is 4.69. The molecule has 0 fully saturated rings. The van der Waals surface area contributed by atoms with Crippen LogP contribution < -0.4 is 0 Å². The van der Waals surface area contributed by atoms with Crippen molar-refractivity contribution in [3.05, 3.63) is 357 Å². The van der Waals surface area contributed by atoms with Gasteiger partial charge in [-0.25, -0.2) is 0 Å². The van der Waals surface area contributed by atoms with Crippen molar-refractivity contribution in [2.75, 3.05) is 0 Å². The number of rotatable bonds is 9. The standard InChI is InChI=1S/C44H29N5.C24H16N2.C20H14BrN3/c1-4-13-31(14-5-1)43-45-46-44(32-15-6-2-7-16-32)49(43)35-23-21-34(22-24-35)48-41-36-19-11-10-12-30(36)20-25-37(41)38-26-27-40-39(42(38)48)28-29-47(40)33-17-8-3-9-18-33;1-2-7-17(8-3-1)26-15-14-21-22(26)13-12-20-19-11-10-16-6-4-5-9-18(16)23(19)25-24(20)21;21-17-11-13-18(14-12-17)24-19(15-7-3-1-4-8-15)22-23-20(24)16-9-5-2-6-10-16/h1-29H;1-15,25H;1-14H. The zero-order valence-corrected chi connectivity index (χ0v) is 55.0. The minimum Gasteiger partial charge on any atom is -0.353 e. The molecule has 99 heavy (non-hydrogen) atoms. The summed E-state index contributed by atoms with van der Waals surface area (Å²) in [6, 6.07) is 119. The number of aromatic nitrogens is 10. The van der Waals surface area contributed by atoms with Gasteiger partial charge in [-0.2, -0.15) is 0 Å². The average molecular weight is 1340 g/mol. The summed E-state index contributed by atoms with van der Waals surface area (Å²) >= 11 is 3.50. The molecule has 468 valence electrons. The van der Waals surface area contributed by atoms with Crippen LogP contribution >= 0.6 is 15.9 Å². The predicted octanol–water partition coefficient (Wildman–Crippen LogP) is 22.6. The Kier molecular flexibility index (Phi) is 14.8. The van der Waals surface area contributed by atoms with Gasteiger partial charge >= 0.3 is 0 Å². The van der Waals surface area contributed by atoms with Crippen LogP contribution in [0.5, 0.6) is 0 Å². The lowest BCUT2D eigenvalue weighted by atomic mass is 10.1. The molecule has 14 aromatic carbocycles. The Morgan fingerprint density at radius 2 is 0.566 bits per heavy atom. The van der Waals surface area contributed by atoms with Gasteiger partial charge in [-0.1, -0.05) is 259 Å². The van der Waals surface area contributed by atoms with E-state index >= 15 is 0 Å². The van der Waals surface area contributed by atoms with Gasteiger partial charge in [0.2, 0.25) is 0 Å². The summed E-state index contributed by atoms with van der Waals surface area (Å²) in [7, 11) is 0. The molecular formula is C88H59BrN10. The predicted molar refractivity (Wildman–Crippen MR) is 411 cm³/mol. The summed E-state index contributed by atoms with van der Waals surface area (Å²) in [5.74, 6) is 3.27. The van der Waals surface area contributed by atoms with Crippen molar-refractivity contribution < 1.29 is 0 Å². The maximum Gasteiger partial charge on any atom is 0.168 e.